The van der Waals surface area contributed by atoms with Gasteiger partial charge in [0.2, 0.25) is 10.0 Å². The molecule has 0 aromatic heterocycles. The van der Waals surface area contributed by atoms with Crippen LogP contribution in [-0.2, 0) is 10.0 Å². The Bertz CT molecular complexity index is 738. The summed E-state index contributed by atoms with van der Waals surface area (Å²) in [6.07, 6.45) is 0. The van der Waals surface area contributed by atoms with Crippen molar-refractivity contribution in [1.82, 2.24) is 4.31 Å². The summed E-state index contributed by atoms with van der Waals surface area (Å²) in [6, 6.07) is 12.7. The third kappa shape index (κ3) is 3.17. The van der Waals surface area contributed by atoms with E-state index in [1.54, 1.807) is 12.1 Å². The van der Waals surface area contributed by atoms with Gasteiger partial charge in [0.1, 0.15) is 4.90 Å². The van der Waals surface area contributed by atoms with E-state index in [2.05, 4.69) is 5.32 Å². The summed E-state index contributed by atoms with van der Waals surface area (Å²) in [5.41, 5.74) is 8.81. The number of sulfonamides is 1. The SMILES string of the molecule is Cc1ccc(Nc2cccc(S(=O)(=O)N(C)C)c2N)cc1. The van der Waals surface area contributed by atoms with Crippen LogP contribution in [0, 0.1) is 6.92 Å². The monoisotopic (exact) mass is 305 g/mol. The van der Waals surface area contributed by atoms with E-state index in [0.717, 1.165) is 15.6 Å². The van der Waals surface area contributed by atoms with Crippen molar-refractivity contribution in [3.05, 3.63) is 48.0 Å². The average molecular weight is 305 g/mol. The van der Waals surface area contributed by atoms with Crippen molar-refractivity contribution in [2.75, 3.05) is 25.1 Å². The zero-order valence-electron chi connectivity index (χ0n) is 12.3. The molecule has 0 atom stereocenters. The lowest BCUT2D eigenvalue weighted by molar-refractivity contribution is 0.521. The Morgan fingerprint density at radius 3 is 2.24 bits per heavy atom. The molecule has 0 aliphatic rings. The summed E-state index contributed by atoms with van der Waals surface area (Å²) in [6.45, 7) is 2.00. The van der Waals surface area contributed by atoms with Crippen LogP contribution in [-0.4, -0.2) is 26.8 Å². The molecule has 5 nitrogen and oxygen atoms in total. The number of nitrogen functional groups attached to an aromatic ring is 1. The number of nitrogens with two attached hydrogens (primary N) is 1. The van der Waals surface area contributed by atoms with Gasteiger partial charge in [-0.05, 0) is 31.2 Å². The largest absolute Gasteiger partial charge is 0.396 e. The molecule has 0 fully saturated rings. The summed E-state index contributed by atoms with van der Waals surface area (Å²) < 4.78 is 25.6. The molecule has 0 bridgehead atoms. The zero-order chi connectivity index (χ0) is 15.6. The van der Waals surface area contributed by atoms with Crippen LogP contribution in [0.1, 0.15) is 5.56 Å². The quantitative estimate of drug-likeness (QED) is 0.851. The van der Waals surface area contributed by atoms with E-state index < -0.39 is 10.0 Å². The van der Waals surface area contributed by atoms with E-state index in [4.69, 9.17) is 5.73 Å². The van der Waals surface area contributed by atoms with Crippen molar-refractivity contribution < 1.29 is 8.42 Å². The maximum absolute atomic E-state index is 12.2. The lowest BCUT2D eigenvalue weighted by Gasteiger charge is -2.16. The highest BCUT2D eigenvalue weighted by atomic mass is 32.2. The number of aryl methyl sites for hydroxylation is 1. The van der Waals surface area contributed by atoms with Crippen molar-refractivity contribution in [3.63, 3.8) is 0 Å². The number of benzene rings is 2. The first-order valence-corrected chi connectivity index (χ1v) is 7.91. The molecule has 0 spiro atoms. The summed E-state index contributed by atoms with van der Waals surface area (Å²) in [5.74, 6) is 0. The second-order valence-electron chi connectivity index (χ2n) is 5.00. The van der Waals surface area contributed by atoms with Crippen molar-refractivity contribution in [1.29, 1.82) is 0 Å². The Balaban J connectivity index is 2.41. The maximum Gasteiger partial charge on any atom is 0.244 e. The van der Waals surface area contributed by atoms with Gasteiger partial charge in [0, 0.05) is 19.8 Å². The molecule has 0 aliphatic carbocycles. The van der Waals surface area contributed by atoms with Crippen molar-refractivity contribution in [2.24, 2.45) is 0 Å². The van der Waals surface area contributed by atoms with E-state index >= 15 is 0 Å². The maximum atomic E-state index is 12.2. The predicted molar refractivity (Wildman–Crippen MR) is 86.2 cm³/mol. The minimum Gasteiger partial charge on any atom is -0.396 e. The van der Waals surface area contributed by atoms with Crippen molar-refractivity contribution in [2.45, 2.75) is 11.8 Å². The first-order chi connectivity index (χ1) is 9.82. The zero-order valence-corrected chi connectivity index (χ0v) is 13.1. The van der Waals surface area contributed by atoms with Crippen molar-refractivity contribution in [3.8, 4) is 0 Å². The fraction of sp³-hybridized carbons (Fsp3) is 0.200. The Hall–Kier alpha value is -2.05. The van der Waals surface area contributed by atoms with Crippen LogP contribution >= 0.6 is 0 Å². The fourth-order valence-corrected chi connectivity index (χ4v) is 2.90. The second kappa shape index (κ2) is 5.75. The molecule has 112 valence electrons. The van der Waals surface area contributed by atoms with E-state index in [1.165, 1.54) is 20.2 Å². The molecule has 2 rings (SSSR count). The van der Waals surface area contributed by atoms with Crippen LogP contribution in [0.2, 0.25) is 0 Å². The Kier molecular flexibility index (Phi) is 4.20. The first kappa shape index (κ1) is 15.3. The molecule has 2 aromatic rings. The standard InChI is InChI=1S/C15H19N3O2S/c1-11-7-9-12(10-8-11)17-13-5-4-6-14(15(13)16)21(19,20)18(2)3/h4-10,17H,16H2,1-3H3. The van der Waals surface area contributed by atoms with E-state index in [-0.39, 0.29) is 10.6 Å². The van der Waals surface area contributed by atoms with Gasteiger partial charge in [-0.15, -0.1) is 0 Å². The van der Waals surface area contributed by atoms with Gasteiger partial charge in [-0.25, -0.2) is 12.7 Å². The highest BCUT2D eigenvalue weighted by molar-refractivity contribution is 7.89. The number of hydrogen-bond donors (Lipinski definition) is 2. The van der Waals surface area contributed by atoms with E-state index in [9.17, 15) is 8.42 Å². The lowest BCUT2D eigenvalue weighted by atomic mass is 10.2. The summed E-state index contributed by atoms with van der Waals surface area (Å²) >= 11 is 0. The average Bonchev–Trinajstić information content (AvgIpc) is 2.43. The molecule has 6 heteroatoms. The minimum absolute atomic E-state index is 0.101. The molecule has 0 amide bonds. The van der Waals surface area contributed by atoms with Gasteiger partial charge in [-0.3, -0.25) is 0 Å². The molecular formula is C15H19N3O2S. The van der Waals surface area contributed by atoms with Crippen LogP contribution in [0.4, 0.5) is 17.1 Å². The summed E-state index contributed by atoms with van der Waals surface area (Å²) in [4.78, 5) is 0.101. The Morgan fingerprint density at radius 2 is 1.67 bits per heavy atom. The molecule has 0 saturated heterocycles. The Morgan fingerprint density at radius 1 is 1.05 bits per heavy atom. The van der Waals surface area contributed by atoms with Gasteiger partial charge in [0.15, 0.2) is 0 Å². The number of hydrogen-bond acceptors (Lipinski definition) is 4. The van der Waals surface area contributed by atoms with Crippen LogP contribution in [0.15, 0.2) is 47.4 Å². The molecule has 21 heavy (non-hydrogen) atoms. The minimum atomic E-state index is -3.56. The van der Waals surface area contributed by atoms with Gasteiger partial charge >= 0.3 is 0 Å². The number of anilines is 3. The second-order valence-corrected chi connectivity index (χ2v) is 7.12. The molecule has 0 saturated carbocycles. The molecule has 0 radical (unpaired) electrons. The van der Waals surface area contributed by atoms with Gasteiger partial charge < -0.3 is 11.1 Å². The normalized spacial score (nSPS) is 11.6. The molecule has 0 aliphatic heterocycles. The van der Waals surface area contributed by atoms with Gasteiger partial charge in [-0.2, -0.15) is 0 Å². The third-order valence-corrected chi connectivity index (χ3v) is 5.03. The Labute approximate surface area is 125 Å². The van der Waals surface area contributed by atoms with Crippen LogP contribution in [0.5, 0.6) is 0 Å². The smallest absolute Gasteiger partial charge is 0.244 e. The van der Waals surface area contributed by atoms with Gasteiger partial charge in [0.25, 0.3) is 0 Å². The molecule has 2 aromatic carbocycles. The molecule has 0 unspecified atom stereocenters. The number of nitrogens with one attached hydrogen (secondary N) is 1. The van der Waals surface area contributed by atoms with Crippen LogP contribution in [0.25, 0.3) is 0 Å². The van der Waals surface area contributed by atoms with E-state index in [0.29, 0.717) is 5.69 Å². The topological polar surface area (TPSA) is 75.4 Å². The number of nitrogens with zero attached hydrogens (tertiary/aromatic N) is 1. The number of rotatable bonds is 4. The lowest BCUT2D eigenvalue weighted by Crippen LogP contribution is -2.23. The molecular weight excluding hydrogens is 286 g/mol. The van der Waals surface area contributed by atoms with E-state index in [1.807, 2.05) is 31.2 Å². The highest BCUT2D eigenvalue weighted by Gasteiger charge is 2.21. The first-order valence-electron chi connectivity index (χ1n) is 6.47. The molecule has 3 N–H and O–H groups in total. The number of para-hydroxylation sites is 1. The van der Waals surface area contributed by atoms with Crippen LogP contribution in [0.3, 0.4) is 0 Å². The molecule has 0 heterocycles. The highest BCUT2D eigenvalue weighted by Crippen LogP contribution is 2.30. The van der Waals surface area contributed by atoms with Gasteiger partial charge in [-0.1, -0.05) is 23.8 Å². The van der Waals surface area contributed by atoms with Gasteiger partial charge in [0.05, 0.1) is 11.4 Å². The third-order valence-electron chi connectivity index (χ3n) is 3.16. The predicted octanol–water partition coefficient (Wildman–Crippen LogP) is 2.57. The summed E-state index contributed by atoms with van der Waals surface area (Å²) in [5, 5.41) is 3.14. The van der Waals surface area contributed by atoms with Crippen LogP contribution < -0.4 is 11.1 Å². The van der Waals surface area contributed by atoms with Crippen molar-refractivity contribution >= 4 is 27.1 Å². The fourth-order valence-electron chi connectivity index (χ4n) is 1.87. The summed E-state index contributed by atoms with van der Waals surface area (Å²) in [7, 11) is -0.599.